The lowest BCUT2D eigenvalue weighted by Crippen LogP contribution is -2.10. The fraction of sp³-hybridized carbons (Fsp3) is 1.00. The minimum Gasteiger partial charge on any atom is -0.0861 e. The average molecular weight is 140 g/mol. The lowest BCUT2D eigenvalue weighted by atomic mass is 9.43. The van der Waals surface area contributed by atoms with Crippen molar-refractivity contribution < 1.29 is 0 Å². The summed E-state index contributed by atoms with van der Waals surface area (Å²) in [5.74, 6) is 0.972. The molecule has 0 N–H and O–H groups in total. The van der Waals surface area contributed by atoms with E-state index in [1.807, 2.05) is 0 Å². The second-order valence-electron chi connectivity index (χ2n) is 3.55. The Morgan fingerprint density at radius 1 is 1.20 bits per heavy atom. The first-order valence-electron chi connectivity index (χ1n) is 4.72. The smallest absolute Gasteiger partial charge is 0.0861 e. The molecule has 0 nitrogen and oxygen atoms in total. The SMILES string of the molecule is CCCC[C@H](CC)B(C)C. The van der Waals surface area contributed by atoms with Crippen LogP contribution in [0.4, 0.5) is 0 Å². The molecule has 0 aliphatic rings. The van der Waals surface area contributed by atoms with E-state index in [-0.39, 0.29) is 0 Å². The van der Waals surface area contributed by atoms with Gasteiger partial charge in [-0.1, -0.05) is 59.0 Å². The van der Waals surface area contributed by atoms with E-state index in [2.05, 4.69) is 27.5 Å². The number of rotatable bonds is 5. The van der Waals surface area contributed by atoms with Gasteiger partial charge in [-0.05, 0) is 0 Å². The highest BCUT2D eigenvalue weighted by Gasteiger charge is 2.12. The molecule has 0 aromatic carbocycles. The summed E-state index contributed by atoms with van der Waals surface area (Å²) in [5.41, 5.74) is 0. The van der Waals surface area contributed by atoms with Crippen LogP contribution in [0.25, 0.3) is 0 Å². The predicted molar refractivity (Wildman–Crippen MR) is 51.0 cm³/mol. The minimum absolute atomic E-state index is 0.886. The van der Waals surface area contributed by atoms with Gasteiger partial charge in [0.2, 0.25) is 0 Å². The van der Waals surface area contributed by atoms with Crippen molar-refractivity contribution in [3.05, 3.63) is 0 Å². The highest BCUT2D eigenvalue weighted by molar-refractivity contribution is 6.57. The van der Waals surface area contributed by atoms with E-state index < -0.39 is 0 Å². The topological polar surface area (TPSA) is 0 Å². The summed E-state index contributed by atoms with van der Waals surface area (Å²) in [6.07, 6.45) is 5.56. The zero-order chi connectivity index (χ0) is 7.98. The third-order valence-corrected chi connectivity index (χ3v) is 2.40. The molecular formula is C9H21B. The van der Waals surface area contributed by atoms with Crippen molar-refractivity contribution >= 4 is 6.71 Å². The van der Waals surface area contributed by atoms with Crippen LogP contribution in [0.1, 0.15) is 39.5 Å². The lowest BCUT2D eigenvalue weighted by Gasteiger charge is -2.15. The van der Waals surface area contributed by atoms with Crippen molar-refractivity contribution in [2.24, 2.45) is 0 Å². The summed E-state index contributed by atoms with van der Waals surface area (Å²) < 4.78 is 0. The summed E-state index contributed by atoms with van der Waals surface area (Å²) in [6, 6.07) is 0. The molecule has 0 saturated heterocycles. The Kier molecular flexibility index (Phi) is 5.86. The maximum Gasteiger partial charge on any atom is 0.136 e. The quantitative estimate of drug-likeness (QED) is 0.510. The zero-order valence-corrected chi connectivity index (χ0v) is 7.98. The molecule has 1 atom stereocenters. The Bertz CT molecular complexity index is 69.1. The van der Waals surface area contributed by atoms with Gasteiger partial charge in [0.25, 0.3) is 0 Å². The molecule has 0 aliphatic heterocycles. The van der Waals surface area contributed by atoms with Crippen LogP contribution in [0.5, 0.6) is 0 Å². The van der Waals surface area contributed by atoms with E-state index in [0.717, 1.165) is 12.5 Å². The zero-order valence-electron chi connectivity index (χ0n) is 7.98. The summed E-state index contributed by atoms with van der Waals surface area (Å²) in [6.45, 7) is 10.1. The van der Waals surface area contributed by atoms with Crippen LogP contribution >= 0.6 is 0 Å². The van der Waals surface area contributed by atoms with Gasteiger partial charge in [-0.2, -0.15) is 0 Å². The van der Waals surface area contributed by atoms with Gasteiger partial charge in [0.1, 0.15) is 6.71 Å². The Labute approximate surface area is 66.5 Å². The summed E-state index contributed by atoms with van der Waals surface area (Å²) >= 11 is 0. The van der Waals surface area contributed by atoms with E-state index in [9.17, 15) is 0 Å². The Hall–Kier alpha value is 0.0649. The highest BCUT2D eigenvalue weighted by Crippen LogP contribution is 2.21. The van der Waals surface area contributed by atoms with Crippen molar-refractivity contribution in [1.29, 1.82) is 0 Å². The third-order valence-electron chi connectivity index (χ3n) is 2.40. The maximum atomic E-state index is 2.34. The molecule has 0 amide bonds. The van der Waals surface area contributed by atoms with Crippen LogP contribution in [-0.2, 0) is 0 Å². The van der Waals surface area contributed by atoms with Gasteiger partial charge in [0.15, 0.2) is 0 Å². The first kappa shape index (κ1) is 10.1. The van der Waals surface area contributed by atoms with E-state index in [0.29, 0.717) is 0 Å². The van der Waals surface area contributed by atoms with Crippen molar-refractivity contribution in [3.8, 4) is 0 Å². The van der Waals surface area contributed by atoms with Crippen LogP contribution in [0, 0.1) is 0 Å². The molecule has 1 heteroatoms. The van der Waals surface area contributed by atoms with Gasteiger partial charge in [-0.3, -0.25) is 0 Å². The summed E-state index contributed by atoms with van der Waals surface area (Å²) in [5, 5.41) is 0. The molecule has 0 unspecified atom stereocenters. The first-order chi connectivity index (χ1) is 4.72. The number of unbranched alkanes of at least 4 members (excludes halogenated alkanes) is 1. The van der Waals surface area contributed by atoms with Crippen molar-refractivity contribution in [1.82, 2.24) is 0 Å². The molecule has 0 aliphatic carbocycles. The predicted octanol–water partition coefficient (Wildman–Crippen LogP) is 3.71. The van der Waals surface area contributed by atoms with Crippen molar-refractivity contribution in [2.45, 2.75) is 59.0 Å². The molecule has 0 bridgehead atoms. The Morgan fingerprint density at radius 3 is 2.10 bits per heavy atom. The number of hydrogen-bond acceptors (Lipinski definition) is 0. The van der Waals surface area contributed by atoms with Gasteiger partial charge >= 0.3 is 0 Å². The molecule has 0 aromatic heterocycles. The van der Waals surface area contributed by atoms with Crippen LogP contribution in [-0.4, -0.2) is 6.71 Å². The highest BCUT2D eigenvalue weighted by atomic mass is 14.0. The molecule has 0 fully saturated rings. The summed E-state index contributed by atoms with van der Waals surface area (Å²) in [4.78, 5) is 0. The second-order valence-corrected chi connectivity index (χ2v) is 3.55. The molecule has 0 radical (unpaired) electrons. The molecule has 0 rings (SSSR count). The monoisotopic (exact) mass is 140 g/mol. The lowest BCUT2D eigenvalue weighted by molar-refractivity contribution is 0.645. The number of hydrogen-bond donors (Lipinski definition) is 0. The van der Waals surface area contributed by atoms with E-state index in [1.54, 1.807) is 0 Å². The van der Waals surface area contributed by atoms with E-state index >= 15 is 0 Å². The van der Waals surface area contributed by atoms with Crippen LogP contribution in [0.2, 0.25) is 19.5 Å². The van der Waals surface area contributed by atoms with Crippen molar-refractivity contribution in [3.63, 3.8) is 0 Å². The van der Waals surface area contributed by atoms with E-state index in [4.69, 9.17) is 0 Å². The standard InChI is InChI=1S/C9H21B/c1-5-7-8-9(6-2)10(3)4/h9H,5-8H2,1-4H3/t9-/m0/s1. The van der Waals surface area contributed by atoms with Crippen molar-refractivity contribution in [2.75, 3.05) is 0 Å². The molecule has 60 valence electrons. The van der Waals surface area contributed by atoms with Crippen LogP contribution in [0.15, 0.2) is 0 Å². The van der Waals surface area contributed by atoms with Gasteiger partial charge < -0.3 is 0 Å². The molecule has 0 aromatic rings. The maximum absolute atomic E-state index is 2.34. The van der Waals surface area contributed by atoms with Crippen LogP contribution in [0.3, 0.4) is 0 Å². The largest absolute Gasteiger partial charge is 0.136 e. The van der Waals surface area contributed by atoms with Gasteiger partial charge in [-0.25, -0.2) is 0 Å². The van der Waals surface area contributed by atoms with Gasteiger partial charge in [0.05, 0.1) is 0 Å². The minimum atomic E-state index is 0.886. The van der Waals surface area contributed by atoms with E-state index in [1.165, 1.54) is 25.7 Å². The third kappa shape index (κ3) is 3.97. The first-order valence-corrected chi connectivity index (χ1v) is 4.72. The summed E-state index contributed by atoms with van der Waals surface area (Å²) in [7, 11) is 0. The molecule has 10 heavy (non-hydrogen) atoms. The Morgan fingerprint density at radius 2 is 1.80 bits per heavy atom. The normalized spacial score (nSPS) is 13.2. The molecule has 0 spiro atoms. The van der Waals surface area contributed by atoms with Crippen LogP contribution < -0.4 is 0 Å². The van der Waals surface area contributed by atoms with Gasteiger partial charge in [-0.15, -0.1) is 0 Å². The fourth-order valence-corrected chi connectivity index (χ4v) is 1.48. The molecule has 0 heterocycles. The molecular weight excluding hydrogens is 119 g/mol. The average Bonchev–Trinajstić information content (AvgIpc) is 1.89. The molecule has 0 saturated carbocycles. The fourth-order valence-electron chi connectivity index (χ4n) is 1.48. The second kappa shape index (κ2) is 5.82. The Balaban J connectivity index is 3.40. The van der Waals surface area contributed by atoms with Gasteiger partial charge in [0, 0.05) is 0 Å².